The Morgan fingerprint density at radius 1 is 1.42 bits per heavy atom. The van der Waals surface area contributed by atoms with Gasteiger partial charge < -0.3 is 10.0 Å². The number of aromatic nitrogens is 1. The van der Waals surface area contributed by atoms with E-state index in [2.05, 4.69) is 20.9 Å². The second kappa shape index (κ2) is 4.76. The van der Waals surface area contributed by atoms with Crippen molar-refractivity contribution in [1.29, 1.82) is 0 Å². The Morgan fingerprint density at radius 3 is 2.71 bits per heavy atom. The number of pyridine rings is 1. The number of carbonyl (C=O) groups is 1. The number of likely N-dealkylation sites (N-methyl/N-ethyl adjacent to an activating group) is 1. The Balaban J connectivity index is 1.94. The van der Waals surface area contributed by atoms with Crippen molar-refractivity contribution in [2.24, 2.45) is 5.92 Å². The summed E-state index contributed by atoms with van der Waals surface area (Å²) in [5.74, 6) is -0.273. The van der Waals surface area contributed by atoms with Gasteiger partial charge in [0.15, 0.2) is 0 Å². The fourth-order valence-corrected chi connectivity index (χ4v) is 4.47. The molecule has 1 spiro atoms. The second-order valence-electron chi connectivity index (χ2n) is 7.51. The minimum Gasteiger partial charge on any atom is -0.390 e. The third-order valence-electron chi connectivity index (χ3n) is 5.63. The lowest BCUT2D eigenvalue weighted by atomic mass is 9.55. The maximum atomic E-state index is 13.9. The van der Waals surface area contributed by atoms with Gasteiger partial charge in [-0.2, -0.15) is 0 Å². The summed E-state index contributed by atoms with van der Waals surface area (Å²) < 4.78 is 14.2. The zero-order chi connectivity index (χ0) is 17.4. The molecule has 2 aromatic rings. The van der Waals surface area contributed by atoms with Crippen LogP contribution in [0, 0.1) is 11.7 Å². The molecule has 0 saturated heterocycles. The van der Waals surface area contributed by atoms with Gasteiger partial charge in [0.25, 0.3) is 0 Å². The van der Waals surface area contributed by atoms with Gasteiger partial charge in [-0.15, -0.1) is 0 Å². The molecule has 1 aliphatic heterocycles. The molecule has 6 heteroatoms. The van der Waals surface area contributed by atoms with Crippen molar-refractivity contribution in [2.45, 2.75) is 37.7 Å². The fourth-order valence-electron chi connectivity index (χ4n) is 4.13. The molecule has 1 aliphatic carbocycles. The number of anilines is 1. The van der Waals surface area contributed by atoms with Crippen LogP contribution in [0.3, 0.4) is 0 Å². The van der Waals surface area contributed by atoms with Crippen LogP contribution in [0.5, 0.6) is 0 Å². The van der Waals surface area contributed by atoms with E-state index in [1.165, 1.54) is 6.07 Å². The number of carbonyl (C=O) groups excluding carboxylic acids is 1. The van der Waals surface area contributed by atoms with E-state index >= 15 is 0 Å². The largest absolute Gasteiger partial charge is 0.390 e. The average Bonchev–Trinajstić information content (AvgIpc) is 2.67. The molecule has 126 valence electrons. The van der Waals surface area contributed by atoms with Crippen molar-refractivity contribution < 1.29 is 14.3 Å². The third kappa shape index (κ3) is 1.93. The summed E-state index contributed by atoms with van der Waals surface area (Å²) in [4.78, 5) is 18.9. The molecular weight excluding hydrogens is 375 g/mol. The predicted molar refractivity (Wildman–Crippen MR) is 93.5 cm³/mol. The van der Waals surface area contributed by atoms with Crippen molar-refractivity contribution in [3.8, 4) is 0 Å². The molecule has 24 heavy (non-hydrogen) atoms. The van der Waals surface area contributed by atoms with E-state index in [4.69, 9.17) is 0 Å². The molecule has 0 atom stereocenters. The van der Waals surface area contributed by atoms with Gasteiger partial charge in [0.05, 0.1) is 32.9 Å². The molecule has 1 saturated carbocycles. The summed E-state index contributed by atoms with van der Waals surface area (Å²) >= 11 is 3.23. The Morgan fingerprint density at radius 2 is 2.08 bits per heavy atom. The summed E-state index contributed by atoms with van der Waals surface area (Å²) in [5, 5.41) is 11.1. The fraction of sp³-hybridized carbons (Fsp3) is 0.444. The Kier molecular flexibility index (Phi) is 3.17. The van der Waals surface area contributed by atoms with Gasteiger partial charge >= 0.3 is 0 Å². The molecule has 1 aromatic heterocycles. The number of benzene rings is 1. The van der Waals surface area contributed by atoms with Crippen LogP contribution in [-0.4, -0.2) is 28.6 Å². The summed E-state index contributed by atoms with van der Waals surface area (Å²) in [5.41, 5.74) is 0.792. The molecule has 1 aromatic carbocycles. The number of fused-ring (bicyclic) bond motifs is 4. The highest BCUT2D eigenvalue weighted by molar-refractivity contribution is 9.10. The van der Waals surface area contributed by atoms with E-state index in [-0.39, 0.29) is 17.6 Å². The van der Waals surface area contributed by atoms with Crippen LogP contribution in [0.15, 0.2) is 22.8 Å². The SMILES string of the molecule is CN1C(=O)C2(CC(C(C)(C)O)C2)c2c1cnc1cc(F)c(Br)cc21. The molecule has 1 N–H and O–H groups in total. The lowest BCUT2D eigenvalue weighted by Crippen LogP contribution is -2.54. The van der Waals surface area contributed by atoms with Crippen molar-refractivity contribution >= 4 is 38.4 Å². The van der Waals surface area contributed by atoms with E-state index in [1.54, 1.807) is 38.1 Å². The van der Waals surface area contributed by atoms with Gasteiger partial charge in [-0.05, 0) is 54.6 Å². The van der Waals surface area contributed by atoms with Crippen molar-refractivity contribution in [3.05, 3.63) is 34.2 Å². The maximum absolute atomic E-state index is 13.9. The topological polar surface area (TPSA) is 53.4 Å². The minimum atomic E-state index is -0.817. The third-order valence-corrected chi connectivity index (χ3v) is 6.24. The van der Waals surface area contributed by atoms with Crippen LogP contribution in [0.4, 0.5) is 10.1 Å². The molecule has 0 unspecified atom stereocenters. The molecule has 2 aliphatic rings. The van der Waals surface area contributed by atoms with E-state index < -0.39 is 11.0 Å². The maximum Gasteiger partial charge on any atom is 0.237 e. The summed E-state index contributed by atoms with van der Waals surface area (Å²) in [6, 6.07) is 3.10. The van der Waals surface area contributed by atoms with E-state index in [0.29, 0.717) is 22.8 Å². The first-order valence-electron chi connectivity index (χ1n) is 7.94. The van der Waals surface area contributed by atoms with Gasteiger partial charge in [-0.25, -0.2) is 4.39 Å². The molecule has 1 amide bonds. The first-order valence-corrected chi connectivity index (χ1v) is 8.73. The van der Waals surface area contributed by atoms with Crippen molar-refractivity contribution in [3.63, 3.8) is 0 Å². The Labute approximate surface area is 147 Å². The average molecular weight is 393 g/mol. The zero-order valence-electron chi connectivity index (χ0n) is 13.7. The number of amides is 1. The Hall–Kier alpha value is -1.53. The number of rotatable bonds is 1. The standard InChI is InChI=1S/C18H18BrFN2O2/c1-17(2,24)9-6-18(7-9)15-10-4-11(19)12(20)5-13(10)21-8-14(15)22(3)16(18)23/h4-5,8-9,24H,6-7H2,1-3H3. The highest BCUT2D eigenvalue weighted by Gasteiger charge is 2.60. The Bertz CT molecular complexity index is 885. The van der Waals surface area contributed by atoms with E-state index in [0.717, 1.165) is 16.6 Å². The quantitative estimate of drug-likeness (QED) is 0.807. The molecular formula is C18H18BrFN2O2. The van der Waals surface area contributed by atoms with Gasteiger partial charge in [-0.1, -0.05) is 0 Å². The molecule has 0 bridgehead atoms. The van der Waals surface area contributed by atoms with Crippen LogP contribution < -0.4 is 4.90 Å². The number of nitrogens with zero attached hydrogens (tertiary/aromatic N) is 2. The predicted octanol–water partition coefficient (Wildman–Crippen LogP) is 3.53. The van der Waals surface area contributed by atoms with Crippen molar-refractivity contribution in [2.75, 3.05) is 11.9 Å². The van der Waals surface area contributed by atoms with Crippen LogP contribution in [0.1, 0.15) is 32.3 Å². The molecule has 4 nitrogen and oxygen atoms in total. The van der Waals surface area contributed by atoms with Crippen LogP contribution in [0.25, 0.3) is 10.9 Å². The van der Waals surface area contributed by atoms with Crippen LogP contribution >= 0.6 is 15.9 Å². The summed E-state index contributed by atoms with van der Waals surface area (Å²) in [6.07, 6.45) is 2.84. The van der Waals surface area contributed by atoms with E-state index in [1.807, 2.05) is 0 Å². The highest BCUT2D eigenvalue weighted by atomic mass is 79.9. The summed E-state index contributed by atoms with van der Waals surface area (Å²) in [7, 11) is 1.75. The van der Waals surface area contributed by atoms with Crippen molar-refractivity contribution in [1.82, 2.24) is 4.98 Å². The molecule has 0 radical (unpaired) electrons. The summed E-state index contributed by atoms with van der Waals surface area (Å²) in [6.45, 7) is 3.57. The van der Waals surface area contributed by atoms with Gasteiger partial charge in [0.2, 0.25) is 5.91 Å². The minimum absolute atomic E-state index is 0.0350. The molecule has 4 rings (SSSR count). The molecule has 2 heterocycles. The number of halogens is 2. The lowest BCUT2D eigenvalue weighted by molar-refractivity contribution is -0.133. The normalized spacial score (nSPS) is 26.2. The number of hydrogen-bond acceptors (Lipinski definition) is 3. The lowest BCUT2D eigenvalue weighted by Gasteiger charge is -2.49. The highest BCUT2D eigenvalue weighted by Crippen LogP contribution is 2.59. The number of aliphatic hydroxyl groups is 1. The smallest absolute Gasteiger partial charge is 0.237 e. The van der Waals surface area contributed by atoms with Crippen LogP contribution in [0.2, 0.25) is 0 Å². The molecule has 1 fully saturated rings. The van der Waals surface area contributed by atoms with Gasteiger partial charge in [0, 0.05) is 24.1 Å². The van der Waals surface area contributed by atoms with E-state index in [9.17, 15) is 14.3 Å². The second-order valence-corrected chi connectivity index (χ2v) is 8.36. The number of hydrogen-bond donors (Lipinski definition) is 1. The van der Waals surface area contributed by atoms with Crippen LogP contribution in [-0.2, 0) is 10.2 Å². The first-order chi connectivity index (χ1) is 11.1. The zero-order valence-corrected chi connectivity index (χ0v) is 15.3. The van der Waals surface area contributed by atoms with Gasteiger partial charge in [-0.3, -0.25) is 9.78 Å². The van der Waals surface area contributed by atoms with Gasteiger partial charge in [0.1, 0.15) is 5.82 Å². The first kappa shape index (κ1) is 16.0. The monoisotopic (exact) mass is 392 g/mol.